The predicted molar refractivity (Wildman–Crippen MR) is 77.2 cm³/mol. The first-order chi connectivity index (χ1) is 9.00. The second-order valence-corrected chi connectivity index (χ2v) is 5.57. The van der Waals surface area contributed by atoms with Crippen molar-refractivity contribution in [3.63, 3.8) is 0 Å². The molecule has 1 saturated heterocycles. The third-order valence-corrected chi connectivity index (χ3v) is 3.71. The van der Waals surface area contributed by atoms with Gasteiger partial charge in [-0.3, -0.25) is 4.90 Å². The Morgan fingerprint density at radius 3 is 2.68 bits per heavy atom. The van der Waals surface area contributed by atoms with Crippen molar-refractivity contribution in [1.29, 1.82) is 0 Å². The molecule has 4 heteroatoms. The van der Waals surface area contributed by atoms with E-state index in [9.17, 15) is 5.11 Å². The first-order valence-electron chi connectivity index (χ1n) is 6.96. The maximum absolute atomic E-state index is 9.97. The van der Waals surface area contributed by atoms with E-state index in [-0.39, 0.29) is 0 Å². The SMILES string of the molecule is CCOc1ccc(N)cc1CN1CCC(C)(O)CC1. The van der Waals surface area contributed by atoms with Crippen molar-refractivity contribution in [2.45, 2.75) is 38.8 Å². The smallest absolute Gasteiger partial charge is 0.123 e. The van der Waals surface area contributed by atoms with Crippen LogP contribution in [0.5, 0.6) is 5.75 Å². The van der Waals surface area contributed by atoms with Gasteiger partial charge in [-0.25, -0.2) is 0 Å². The van der Waals surface area contributed by atoms with Gasteiger partial charge in [0.15, 0.2) is 0 Å². The normalized spacial score (nSPS) is 19.3. The molecular formula is C15H24N2O2. The largest absolute Gasteiger partial charge is 0.494 e. The molecule has 1 aliphatic heterocycles. The molecule has 0 atom stereocenters. The lowest BCUT2D eigenvalue weighted by molar-refractivity contribution is -0.00743. The molecule has 0 radical (unpaired) electrons. The first kappa shape index (κ1) is 14.2. The Balaban J connectivity index is 2.04. The van der Waals surface area contributed by atoms with Crippen LogP contribution in [-0.2, 0) is 6.54 Å². The number of benzene rings is 1. The van der Waals surface area contributed by atoms with Crippen LogP contribution in [0.3, 0.4) is 0 Å². The van der Waals surface area contributed by atoms with Gasteiger partial charge in [-0.2, -0.15) is 0 Å². The highest BCUT2D eigenvalue weighted by atomic mass is 16.5. The third kappa shape index (κ3) is 3.85. The monoisotopic (exact) mass is 264 g/mol. The summed E-state index contributed by atoms with van der Waals surface area (Å²) in [5.41, 5.74) is 7.25. The van der Waals surface area contributed by atoms with E-state index in [2.05, 4.69) is 4.90 Å². The molecule has 1 heterocycles. The maximum atomic E-state index is 9.97. The second-order valence-electron chi connectivity index (χ2n) is 5.57. The molecule has 0 saturated carbocycles. The van der Waals surface area contributed by atoms with Gasteiger partial charge in [0, 0.05) is 30.9 Å². The quantitative estimate of drug-likeness (QED) is 0.817. The molecule has 1 aromatic carbocycles. The van der Waals surface area contributed by atoms with Crippen molar-refractivity contribution in [3.05, 3.63) is 23.8 Å². The fourth-order valence-electron chi connectivity index (χ4n) is 2.45. The Kier molecular flexibility index (Phi) is 4.32. The fourth-order valence-corrected chi connectivity index (χ4v) is 2.45. The van der Waals surface area contributed by atoms with Crippen LogP contribution in [0.1, 0.15) is 32.3 Å². The number of likely N-dealkylation sites (tertiary alicyclic amines) is 1. The number of anilines is 1. The van der Waals surface area contributed by atoms with E-state index in [1.54, 1.807) is 0 Å². The molecule has 1 aliphatic rings. The van der Waals surface area contributed by atoms with E-state index in [0.717, 1.165) is 49.5 Å². The van der Waals surface area contributed by atoms with Crippen molar-refractivity contribution in [2.75, 3.05) is 25.4 Å². The topological polar surface area (TPSA) is 58.7 Å². The number of nitrogens with zero attached hydrogens (tertiary/aromatic N) is 1. The van der Waals surface area contributed by atoms with E-state index in [4.69, 9.17) is 10.5 Å². The summed E-state index contributed by atoms with van der Waals surface area (Å²) in [7, 11) is 0. The number of nitrogen functional groups attached to an aromatic ring is 1. The summed E-state index contributed by atoms with van der Waals surface area (Å²) in [4.78, 5) is 2.34. The molecular weight excluding hydrogens is 240 g/mol. The van der Waals surface area contributed by atoms with E-state index in [1.807, 2.05) is 32.0 Å². The van der Waals surface area contributed by atoms with Crippen molar-refractivity contribution < 1.29 is 9.84 Å². The van der Waals surface area contributed by atoms with Crippen LogP contribution in [0.15, 0.2) is 18.2 Å². The van der Waals surface area contributed by atoms with Gasteiger partial charge in [-0.1, -0.05) is 0 Å². The Labute approximate surface area is 115 Å². The van der Waals surface area contributed by atoms with Crippen molar-refractivity contribution in [2.24, 2.45) is 0 Å². The molecule has 2 rings (SSSR count). The number of rotatable bonds is 4. The highest BCUT2D eigenvalue weighted by Gasteiger charge is 2.27. The van der Waals surface area contributed by atoms with Crippen LogP contribution in [0.4, 0.5) is 5.69 Å². The molecule has 4 nitrogen and oxygen atoms in total. The zero-order chi connectivity index (χ0) is 13.9. The molecule has 1 aromatic rings. The molecule has 1 fully saturated rings. The maximum Gasteiger partial charge on any atom is 0.123 e. The van der Waals surface area contributed by atoms with Gasteiger partial charge >= 0.3 is 0 Å². The van der Waals surface area contributed by atoms with Gasteiger partial charge in [0.2, 0.25) is 0 Å². The minimum absolute atomic E-state index is 0.505. The summed E-state index contributed by atoms with van der Waals surface area (Å²) in [5, 5.41) is 9.97. The predicted octanol–water partition coefficient (Wildman–Crippen LogP) is 2.01. The third-order valence-electron chi connectivity index (χ3n) is 3.71. The van der Waals surface area contributed by atoms with Gasteiger partial charge in [-0.05, 0) is 44.9 Å². The summed E-state index contributed by atoms with van der Waals surface area (Å²) >= 11 is 0. The van der Waals surface area contributed by atoms with E-state index < -0.39 is 5.60 Å². The summed E-state index contributed by atoms with van der Waals surface area (Å²) in [5.74, 6) is 0.911. The van der Waals surface area contributed by atoms with Crippen LogP contribution in [0, 0.1) is 0 Å². The lowest BCUT2D eigenvalue weighted by Gasteiger charge is -2.36. The van der Waals surface area contributed by atoms with Crippen LogP contribution < -0.4 is 10.5 Å². The van der Waals surface area contributed by atoms with Crippen LogP contribution in [0.25, 0.3) is 0 Å². The number of hydrogen-bond donors (Lipinski definition) is 2. The van der Waals surface area contributed by atoms with Crippen molar-refractivity contribution >= 4 is 5.69 Å². The molecule has 0 amide bonds. The highest BCUT2D eigenvalue weighted by Crippen LogP contribution is 2.27. The fraction of sp³-hybridized carbons (Fsp3) is 0.600. The number of aliphatic hydroxyl groups is 1. The molecule has 0 bridgehead atoms. The van der Waals surface area contributed by atoms with Crippen LogP contribution in [0.2, 0.25) is 0 Å². The molecule has 3 N–H and O–H groups in total. The number of nitrogens with two attached hydrogens (primary N) is 1. The first-order valence-corrected chi connectivity index (χ1v) is 6.96. The molecule has 0 unspecified atom stereocenters. The van der Waals surface area contributed by atoms with E-state index >= 15 is 0 Å². The second kappa shape index (κ2) is 5.80. The molecule has 19 heavy (non-hydrogen) atoms. The Bertz CT molecular complexity index is 422. The van der Waals surface area contributed by atoms with Crippen molar-refractivity contribution in [1.82, 2.24) is 4.90 Å². The number of hydrogen-bond acceptors (Lipinski definition) is 4. The lowest BCUT2D eigenvalue weighted by Crippen LogP contribution is -2.42. The molecule has 106 valence electrons. The summed E-state index contributed by atoms with van der Waals surface area (Å²) < 4.78 is 5.64. The minimum Gasteiger partial charge on any atom is -0.494 e. The van der Waals surface area contributed by atoms with E-state index in [0.29, 0.717) is 6.61 Å². The van der Waals surface area contributed by atoms with Crippen LogP contribution in [-0.4, -0.2) is 35.3 Å². The molecule has 0 spiro atoms. The molecule has 0 aliphatic carbocycles. The average Bonchev–Trinajstić information content (AvgIpc) is 2.35. The zero-order valence-corrected chi connectivity index (χ0v) is 11.9. The van der Waals surface area contributed by atoms with Gasteiger partial charge in [0.05, 0.1) is 12.2 Å². The number of ether oxygens (including phenoxy) is 1. The van der Waals surface area contributed by atoms with Crippen molar-refractivity contribution in [3.8, 4) is 5.75 Å². The van der Waals surface area contributed by atoms with E-state index in [1.165, 1.54) is 0 Å². The van der Waals surface area contributed by atoms with Gasteiger partial charge < -0.3 is 15.6 Å². The highest BCUT2D eigenvalue weighted by molar-refractivity contribution is 5.47. The van der Waals surface area contributed by atoms with Crippen LogP contribution >= 0.6 is 0 Å². The minimum atomic E-state index is -0.505. The molecule has 0 aromatic heterocycles. The Hall–Kier alpha value is -1.26. The number of piperidine rings is 1. The standard InChI is InChI=1S/C15H24N2O2/c1-3-19-14-5-4-13(16)10-12(14)11-17-8-6-15(2,18)7-9-17/h4-5,10,18H,3,6-9,11,16H2,1-2H3. The lowest BCUT2D eigenvalue weighted by atomic mass is 9.93. The van der Waals surface area contributed by atoms with Gasteiger partial charge in [0.25, 0.3) is 0 Å². The summed E-state index contributed by atoms with van der Waals surface area (Å²) in [6.45, 7) is 7.21. The Morgan fingerprint density at radius 2 is 2.05 bits per heavy atom. The zero-order valence-electron chi connectivity index (χ0n) is 11.9. The van der Waals surface area contributed by atoms with Gasteiger partial charge in [0.1, 0.15) is 5.75 Å². The van der Waals surface area contributed by atoms with Gasteiger partial charge in [-0.15, -0.1) is 0 Å². The average molecular weight is 264 g/mol. The summed E-state index contributed by atoms with van der Waals surface area (Å²) in [6.07, 6.45) is 1.64. The summed E-state index contributed by atoms with van der Waals surface area (Å²) in [6, 6.07) is 5.79. The Morgan fingerprint density at radius 1 is 1.37 bits per heavy atom.